The van der Waals surface area contributed by atoms with Crippen molar-refractivity contribution in [3.8, 4) is 5.75 Å². The molecule has 0 spiro atoms. The summed E-state index contributed by atoms with van der Waals surface area (Å²) in [6.07, 6.45) is 2.75. The van der Waals surface area contributed by atoms with Gasteiger partial charge in [0.05, 0.1) is 11.1 Å². The topological polar surface area (TPSA) is 53.1 Å². The van der Waals surface area contributed by atoms with Crippen LogP contribution in [0.1, 0.15) is 6.42 Å². The Morgan fingerprint density at radius 3 is 2.81 bits per heavy atom. The molecular weight excluding hydrogens is 330 g/mol. The highest BCUT2D eigenvalue weighted by atomic mass is 79.9. The van der Waals surface area contributed by atoms with Crippen LogP contribution in [0.5, 0.6) is 5.75 Å². The van der Waals surface area contributed by atoms with Crippen LogP contribution in [0.4, 0.5) is 5.82 Å². The van der Waals surface area contributed by atoms with Crippen molar-refractivity contribution in [2.24, 2.45) is 0 Å². The van der Waals surface area contributed by atoms with Crippen LogP contribution in [0.15, 0.2) is 53.1 Å². The Kier molecular flexibility index (Phi) is 4.10. The average Bonchev–Trinajstić information content (AvgIpc) is 2.91. The summed E-state index contributed by atoms with van der Waals surface area (Å²) in [7, 11) is 0. The normalized spacial score (nSPS) is 10.9. The predicted octanol–water partition coefficient (Wildman–Crippen LogP) is 3.85. The second-order valence-electron chi connectivity index (χ2n) is 4.80. The van der Waals surface area contributed by atoms with E-state index in [1.54, 1.807) is 6.07 Å². The number of hydrogen-bond donors (Lipinski definition) is 1. The Morgan fingerprint density at radius 2 is 2.00 bits per heavy atom. The number of nitrogens with zero attached hydrogens (tertiary/aromatic N) is 2. The molecule has 3 rings (SSSR count). The zero-order valence-corrected chi connectivity index (χ0v) is 13.1. The second-order valence-corrected chi connectivity index (χ2v) is 5.60. The molecule has 0 aliphatic heterocycles. The number of ether oxygens (including phenoxy) is 1. The van der Waals surface area contributed by atoms with Crippen LogP contribution in [0.2, 0.25) is 0 Å². The Morgan fingerprint density at radius 1 is 1.14 bits per heavy atom. The van der Waals surface area contributed by atoms with E-state index in [9.17, 15) is 0 Å². The number of hydrogen-bond acceptors (Lipinski definition) is 3. The Balaban J connectivity index is 1.61. The van der Waals surface area contributed by atoms with E-state index < -0.39 is 0 Å². The number of nitrogens with two attached hydrogens (primary N) is 1. The SMILES string of the molecule is Nc1ccn(CCCOc2ccc3ccccc3c2Br)n1. The van der Waals surface area contributed by atoms with Crippen molar-refractivity contribution < 1.29 is 4.74 Å². The smallest absolute Gasteiger partial charge is 0.145 e. The standard InChI is InChI=1S/C16H16BrN3O/c17-16-13-5-2-1-4-12(13)6-7-14(16)21-11-3-9-20-10-8-15(18)19-20/h1-2,4-8,10H,3,9,11H2,(H2,18,19). The minimum absolute atomic E-state index is 0.549. The van der Waals surface area contributed by atoms with E-state index in [-0.39, 0.29) is 0 Å². The molecule has 1 aromatic heterocycles. The van der Waals surface area contributed by atoms with Gasteiger partial charge in [-0.15, -0.1) is 0 Å². The summed E-state index contributed by atoms with van der Waals surface area (Å²) in [4.78, 5) is 0. The van der Waals surface area contributed by atoms with E-state index in [1.807, 2.05) is 29.1 Å². The van der Waals surface area contributed by atoms with Gasteiger partial charge in [-0.1, -0.05) is 30.3 Å². The molecule has 108 valence electrons. The van der Waals surface area contributed by atoms with Crippen LogP contribution in [0.3, 0.4) is 0 Å². The summed E-state index contributed by atoms with van der Waals surface area (Å²) in [5.74, 6) is 1.42. The zero-order valence-electron chi connectivity index (χ0n) is 11.5. The first kappa shape index (κ1) is 13.9. The average molecular weight is 346 g/mol. The van der Waals surface area contributed by atoms with Gasteiger partial charge in [-0.25, -0.2) is 0 Å². The van der Waals surface area contributed by atoms with Crippen LogP contribution in [0.25, 0.3) is 10.8 Å². The van der Waals surface area contributed by atoms with E-state index >= 15 is 0 Å². The number of anilines is 1. The molecule has 0 amide bonds. The number of benzene rings is 2. The van der Waals surface area contributed by atoms with Gasteiger partial charge in [-0.3, -0.25) is 4.68 Å². The van der Waals surface area contributed by atoms with Crippen LogP contribution in [0, 0.1) is 0 Å². The van der Waals surface area contributed by atoms with Gasteiger partial charge < -0.3 is 10.5 Å². The molecule has 0 saturated heterocycles. The molecule has 2 N–H and O–H groups in total. The van der Waals surface area contributed by atoms with Gasteiger partial charge >= 0.3 is 0 Å². The molecular formula is C16H16BrN3O. The lowest BCUT2D eigenvalue weighted by Gasteiger charge is -2.10. The second kappa shape index (κ2) is 6.18. The number of aromatic nitrogens is 2. The van der Waals surface area contributed by atoms with Gasteiger partial charge in [0.25, 0.3) is 0 Å². The molecule has 1 heterocycles. The maximum atomic E-state index is 5.85. The van der Waals surface area contributed by atoms with Gasteiger partial charge in [0.2, 0.25) is 0 Å². The Hall–Kier alpha value is -2.01. The molecule has 0 radical (unpaired) electrons. The molecule has 0 aliphatic carbocycles. The van der Waals surface area contributed by atoms with Gasteiger partial charge in [0, 0.05) is 19.2 Å². The van der Waals surface area contributed by atoms with Crippen molar-refractivity contribution in [3.63, 3.8) is 0 Å². The Bertz CT molecular complexity index is 754. The maximum Gasteiger partial charge on any atom is 0.145 e. The van der Waals surface area contributed by atoms with E-state index in [0.29, 0.717) is 12.4 Å². The Labute approximate surface area is 131 Å². The van der Waals surface area contributed by atoms with Gasteiger partial charge in [0.1, 0.15) is 11.6 Å². The van der Waals surface area contributed by atoms with Crippen molar-refractivity contribution in [2.75, 3.05) is 12.3 Å². The summed E-state index contributed by atoms with van der Waals surface area (Å²) in [5.41, 5.74) is 5.58. The number of rotatable bonds is 5. The highest BCUT2D eigenvalue weighted by Crippen LogP contribution is 2.33. The molecule has 4 nitrogen and oxygen atoms in total. The highest BCUT2D eigenvalue weighted by Gasteiger charge is 2.05. The maximum absolute atomic E-state index is 5.85. The number of nitrogen functional groups attached to an aromatic ring is 1. The summed E-state index contributed by atoms with van der Waals surface area (Å²) >= 11 is 3.62. The van der Waals surface area contributed by atoms with Crippen LogP contribution in [-0.2, 0) is 6.54 Å². The minimum Gasteiger partial charge on any atom is -0.492 e. The fourth-order valence-corrected chi connectivity index (χ4v) is 2.84. The predicted molar refractivity (Wildman–Crippen MR) is 88.4 cm³/mol. The van der Waals surface area contributed by atoms with Crippen molar-refractivity contribution in [3.05, 3.63) is 53.1 Å². The summed E-state index contributed by atoms with van der Waals surface area (Å²) < 4.78 is 8.69. The lowest BCUT2D eigenvalue weighted by molar-refractivity contribution is 0.297. The molecule has 0 atom stereocenters. The van der Waals surface area contributed by atoms with Gasteiger partial charge in [-0.2, -0.15) is 5.10 Å². The van der Waals surface area contributed by atoms with E-state index in [0.717, 1.165) is 28.6 Å². The van der Waals surface area contributed by atoms with Crippen molar-refractivity contribution in [1.29, 1.82) is 0 Å². The minimum atomic E-state index is 0.549. The molecule has 0 fully saturated rings. The molecule has 21 heavy (non-hydrogen) atoms. The fourth-order valence-electron chi connectivity index (χ4n) is 2.24. The monoisotopic (exact) mass is 345 g/mol. The van der Waals surface area contributed by atoms with E-state index in [1.165, 1.54) is 5.39 Å². The van der Waals surface area contributed by atoms with Gasteiger partial charge in [-0.05, 0) is 38.8 Å². The molecule has 0 bridgehead atoms. The van der Waals surface area contributed by atoms with Crippen molar-refractivity contribution in [1.82, 2.24) is 9.78 Å². The zero-order chi connectivity index (χ0) is 14.7. The summed E-state index contributed by atoms with van der Waals surface area (Å²) in [5, 5.41) is 6.50. The third-order valence-electron chi connectivity index (χ3n) is 3.28. The molecule has 0 aliphatic rings. The fraction of sp³-hybridized carbons (Fsp3) is 0.188. The molecule has 2 aromatic carbocycles. The molecule has 0 saturated carbocycles. The molecule has 0 unspecified atom stereocenters. The quantitative estimate of drug-likeness (QED) is 0.714. The number of aryl methyl sites for hydroxylation is 1. The number of fused-ring (bicyclic) bond motifs is 1. The first-order valence-corrected chi connectivity index (χ1v) is 7.62. The summed E-state index contributed by atoms with van der Waals surface area (Å²) in [6, 6.07) is 14.1. The third-order valence-corrected chi connectivity index (χ3v) is 4.10. The lowest BCUT2D eigenvalue weighted by atomic mass is 10.1. The van der Waals surface area contributed by atoms with Crippen molar-refractivity contribution >= 4 is 32.5 Å². The molecule has 5 heteroatoms. The third kappa shape index (κ3) is 3.19. The van der Waals surface area contributed by atoms with Crippen LogP contribution < -0.4 is 10.5 Å². The molecule has 3 aromatic rings. The summed E-state index contributed by atoms with van der Waals surface area (Å²) in [6.45, 7) is 1.43. The largest absolute Gasteiger partial charge is 0.492 e. The van der Waals surface area contributed by atoms with Crippen LogP contribution in [-0.4, -0.2) is 16.4 Å². The first-order chi connectivity index (χ1) is 10.2. The first-order valence-electron chi connectivity index (χ1n) is 6.83. The van der Waals surface area contributed by atoms with E-state index in [4.69, 9.17) is 10.5 Å². The number of halogens is 1. The lowest BCUT2D eigenvalue weighted by Crippen LogP contribution is -2.05. The van der Waals surface area contributed by atoms with Crippen molar-refractivity contribution in [2.45, 2.75) is 13.0 Å². The highest BCUT2D eigenvalue weighted by molar-refractivity contribution is 9.10. The van der Waals surface area contributed by atoms with E-state index in [2.05, 4.69) is 39.2 Å². The van der Waals surface area contributed by atoms with Gasteiger partial charge in [0.15, 0.2) is 0 Å². The van der Waals surface area contributed by atoms with Crippen LogP contribution >= 0.6 is 15.9 Å².